The standard InChI is InChI=1S/C15H19F2N5OS/c1-20-7-2-4-22(5-3-7)9-6-8(13(16)17)10-11(18)12(14(19)23)24-15(10)21-9/h6-7,13,20H,2-5,18H2,1H3,(H2,19,23). The Morgan fingerprint density at radius 1 is 1.46 bits per heavy atom. The van der Waals surface area contributed by atoms with E-state index in [1.165, 1.54) is 6.07 Å². The van der Waals surface area contributed by atoms with Gasteiger partial charge in [-0.25, -0.2) is 13.8 Å². The van der Waals surface area contributed by atoms with Crippen LogP contribution in [0.5, 0.6) is 0 Å². The highest BCUT2D eigenvalue weighted by atomic mass is 32.1. The van der Waals surface area contributed by atoms with Gasteiger partial charge in [0.1, 0.15) is 15.5 Å². The van der Waals surface area contributed by atoms with Crippen LogP contribution in [0.4, 0.5) is 20.3 Å². The van der Waals surface area contributed by atoms with Crippen molar-refractivity contribution in [2.75, 3.05) is 30.8 Å². The number of carbonyl (C=O) groups is 1. The van der Waals surface area contributed by atoms with E-state index in [2.05, 4.69) is 10.3 Å². The first-order chi connectivity index (χ1) is 11.4. The first-order valence-electron chi connectivity index (χ1n) is 7.65. The van der Waals surface area contributed by atoms with E-state index in [1.54, 1.807) is 0 Å². The molecule has 3 rings (SSSR count). The Kier molecular flexibility index (Phi) is 4.55. The summed E-state index contributed by atoms with van der Waals surface area (Å²) in [6.07, 6.45) is -0.875. The van der Waals surface area contributed by atoms with E-state index in [9.17, 15) is 13.6 Å². The largest absolute Gasteiger partial charge is 0.397 e. The minimum atomic E-state index is -2.71. The number of piperidine rings is 1. The zero-order valence-electron chi connectivity index (χ0n) is 13.2. The minimum Gasteiger partial charge on any atom is -0.397 e. The second-order valence-electron chi connectivity index (χ2n) is 5.81. The molecule has 0 saturated carbocycles. The molecule has 3 heterocycles. The third-order valence-electron chi connectivity index (χ3n) is 4.40. The average molecular weight is 355 g/mol. The van der Waals surface area contributed by atoms with Gasteiger partial charge in [-0.2, -0.15) is 0 Å². The van der Waals surface area contributed by atoms with Crippen molar-refractivity contribution in [2.24, 2.45) is 5.73 Å². The smallest absolute Gasteiger partial charge is 0.264 e. The molecule has 0 bridgehead atoms. The monoisotopic (exact) mass is 355 g/mol. The number of carbonyl (C=O) groups excluding carboxylic acids is 1. The van der Waals surface area contributed by atoms with Crippen molar-refractivity contribution in [3.8, 4) is 0 Å². The molecule has 1 saturated heterocycles. The van der Waals surface area contributed by atoms with Crippen molar-refractivity contribution in [3.05, 3.63) is 16.5 Å². The van der Waals surface area contributed by atoms with Gasteiger partial charge in [-0.1, -0.05) is 0 Å². The van der Waals surface area contributed by atoms with Crippen molar-refractivity contribution in [1.29, 1.82) is 0 Å². The number of hydrogen-bond donors (Lipinski definition) is 3. The molecule has 0 radical (unpaired) electrons. The summed E-state index contributed by atoms with van der Waals surface area (Å²) < 4.78 is 27.1. The maximum absolute atomic E-state index is 13.5. The Morgan fingerprint density at radius 2 is 2.12 bits per heavy atom. The molecule has 1 aliphatic rings. The molecular weight excluding hydrogens is 336 g/mol. The van der Waals surface area contributed by atoms with E-state index in [-0.39, 0.29) is 21.5 Å². The van der Waals surface area contributed by atoms with Crippen molar-refractivity contribution >= 4 is 39.0 Å². The zero-order valence-corrected chi connectivity index (χ0v) is 14.0. The molecule has 1 amide bonds. The maximum Gasteiger partial charge on any atom is 0.264 e. The number of hydrogen-bond acceptors (Lipinski definition) is 6. The highest BCUT2D eigenvalue weighted by Crippen LogP contribution is 2.40. The number of fused-ring (bicyclic) bond motifs is 1. The quantitative estimate of drug-likeness (QED) is 0.780. The van der Waals surface area contributed by atoms with Crippen molar-refractivity contribution in [3.63, 3.8) is 0 Å². The summed E-state index contributed by atoms with van der Waals surface area (Å²) in [6.45, 7) is 1.46. The summed E-state index contributed by atoms with van der Waals surface area (Å²) in [4.78, 5) is 18.3. The Hall–Kier alpha value is -2.00. The molecule has 0 atom stereocenters. The van der Waals surface area contributed by atoms with Crippen LogP contribution in [0.25, 0.3) is 10.2 Å². The number of pyridine rings is 1. The summed E-state index contributed by atoms with van der Waals surface area (Å²) in [7, 11) is 1.92. The van der Waals surface area contributed by atoms with Gasteiger partial charge in [0, 0.05) is 30.1 Å². The molecule has 0 aromatic carbocycles. The summed E-state index contributed by atoms with van der Waals surface area (Å²) >= 11 is 0.964. The molecule has 1 fully saturated rings. The van der Waals surface area contributed by atoms with Gasteiger partial charge in [0.15, 0.2) is 0 Å². The normalized spacial score (nSPS) is 16.2. The number of amides is 1. The van der Waals surface area contributed by atoms with E-state index in [0.717, 1.165) is 37.3 Å². The van der Waals surface area contributed by atoms with Gasteiger partial charge in [0.2, 0.25) is 0 Å². The van der Waals surface area contributed by atoms with Crippen LogP contribution >= 0.6 is 11.3 Å². The average Bonchev–Trinajstić information content (AvgIpc) is 2.91. The van der Waals surface area contributed by atoms with Crippen molar-refractivity contribution < 1.29 is 13.6 Å². The second kappa shape index (κ2) is 6.48. The van der Waals surface area contributed by atoms with Crippen LogP contribution in [-0.4, -0.2) is 37.1 Å². The fourth-order valence-electron chi connectivity index (χ4n) is 3.05. The zero-order chi connectivity index (χ0) is 17.4. The number of nitrogens with zero attached hydrogens (tertiary/aromatic N) is 2. The van der Waals surface area contributed by atoms with Crippen molar-refractivity contribution in [2.45, 2.75) is 25.3 Å². The summed E-state index contributed by atoms with van der Waals surface area (Å²) in [5, 5.41) is 3.36. The topological polar surface area (TPSA) is 97.3 Å². The third kappa shape index (κ3) is 2.89. The van der Waals surface area contributed by atoms with Gasteiger partial charge in [-0.15, -0.1) is 11.3 Å². The first-order valence-corrected chi connectivity index (χ1v) is 8.47. The van der Waals surface area contributed by atoms with Crippen LogP contribution in [0, 0.1) is 0 Å². The number of rotatable bonds is 4. The fraction of sp³-hybridized carbons (Fsp3) is 0.467. The SMILES string of the molecule is CNC1CCN(c2cc(C(F)F)c3c(N)c(C(N)=O)sc3n2)CC1. The molecular formula is C15H19F2N5OS. The van der Waals surface area contributed by atoms with Gasteiger partial charge >= 0.3 is 0 Å². The molecule has 6 nitrogen and oxygen atoms in total. The lowest BCUT2D eigenvalue weighted by atomic mass is 10.0. The molecule has 24 heavy (non-hydrogen) atoms. The van der Waals surface area contributed by atoms with Gasteiger partial charge in [0.25, 0.3) is 12.3 Å². The number of nitrogen functional groups attached to an aromatic ring is 1. The summed E-state index contributed by atoms with van der Waals surface area (Å²) in [6, 6.07) is 1.80. The maximum atomic E-state index is 13.5. The van der Waals surface area contributed by atoms with Crippen LogP contribution < -0.4 is 21.7 Å². The molecule has 2 aromatic heterocycles. The lowest BCUT2D eigenvalue weighted by Gasteiger charge is -2.32. The number of thiophene rings is 1. The van der Waals surface area contributed by atoms with Gasteiger partial charge in [-0.05, 0) is 26.0 Å². The van der Waals surface area contributed by atoms with Crippen LogP contribution in [0.15, 0.2) is 6.07 Å². The molecule has 2 aromatic rings. The van der Waals surface area contributed by atoms with Gasteiger partial charge in [0.05, 0.1) is 5.69 Å². The number of nitrogens with one attached hydrogen (secondary N) is 1. The van der Waals surface area contributed by atoms with Crippen LogP contribution in [0.3, 0.4) is 0 Å². The van der Waals surface area contributed by atoms with E-state index >= 15 is 0 Å². The molecule has 130 valence electrons. The van der Waals surface area contributed by atoms with Crippen molar-refractivity contribution in [1.82, 2.24) is 10.3 Å². The Labute approximate surface area is 141 Å². The van der Waals surface area contributed by atoms with Crippen LogP contribution in [-0.2, 0) is 0 Å². The molecule has 9 heteroatoms. The summed E-state index contributed by atoms with van der Waals surface area (Å²) in [5.74, 6) is -0.239. The van der Waals surface area contributed by atoms with E-state index in [1.807, 2.05) is 11.9 Å². The number of anilines is 2. The molecule has 0 unspecified atom stereocenters. The molecule has 1 aliphatic heterocycles. The lowest BCUT2D eigenvalue weighted by molar-refractivity contribution is 0.100. The predicted octanol–water partition coefficient (Wildman–Crippen LogP) is 2.10. The molecule has 0 spiro atoms. The first kappa shape index (κ1) is 16.8. The number of alkyl halides is 2. The number of nitrogens with two attached hydrogens (primary N) is 2. The number of halogens is 2. The van der Waals surface area contributed by atoms with Crippen LogP contribution in [0.2, 0.25) is 0 Å². The predicted molar refractivity (Wildman–Crippen MR) is 91.8 cm³/mol. The van der Waals surface area contributed by atoms with E-state index in [0.29, 0.717) is 16.7 Å². The number of primary amides is 1. The van der Waals surface area contributed by atoms with E-state index in [4.69, 9.17) is 11.5 Å². The Morgan fingerprint density at radius 3 is 2.67 bits per heavy atom. The highest BCUT2D eigenvalue weighted by molar-refractivity contribution is 7.21. The Balaban J connectivity index is 2.06. The second-order valence-corrected chi connectivity index (χ2v) is 6.81. The third-order valence-corrected chi connectivity index (χ3v) is 5.52. The Bertz CT molecular complexity index is 771. The highest BCUT2D eigenvalue weighted by Gasteiger charge is 2.25. The molecule has 0 aliphatic carbocycles. The molecule has 5 N–H and O–H groups in total. The lowest BCUT2D eigenvalue weighted by Crippen LogP contribution is -2.41. The van der Waals surface area contributed by atoms with Gasteiger partial charge in [-0.3, -0.25) is 4.79 Å². The van der Waals surface area contributed by atoms with E-state index < -0.39 is 12.3 Å². The minimum absolute atomic E-state index is 0.00857. The van der Waals surface area contributed by atoms with Gasteiger partial charge < -0.3 is 21.7 Å². The summed E-state index contributed by atoms with van der Waals surface area (Å²) in [5.41, 5.74) is 10.9. The fourth-order valence-corrected chi connectivity index (χ4v) is 4.03. The number of aromatic nitrogens is 1. The van der Waals surface area contributed by atoms with Crippen LogP contribution in [0.1, 0.15) is 34.5 Å².